The van der Waals surface area contributed by atoms with Gasteiger partial charge < -0.3 is 119 Å². The maximum atomic E-state index is 15.4. The number of carbonyl (C=O) groups is 12. The van der Waals surface area contributed by atoms with Crippen molar-refractivity contribution >= 4 is 105 Å². The molecule has 0 saturated carbocycles. The molecular formula is C88H133N23O13. The molecule has 0 spiro atoms. The van der Waals surface area contributed by atoms with E-state index in [4.69, 9.17) is 45.2 Å². The number of H-pyrrole nitrogens is 2. The fourth-order valence-corrected chi connectivity index (χ4v) is 14.4. The molecule has 36 heteroatoms. The number of benzene rings is 4. The van der Waals surface area contributed by atoms with Crippen molar-refractivity contribution in [3.63, 3.8) is 0 Å². The summed E-state index contributed by atoms with van der Waals surface area (Å²) in [6, 6.07) is 16.0. The Bertz CT molecular complexity index is 4450. The predicted octanol–water partition coefficient (Wildman–Crippen LogP) is 1.72. The maximum absolute atomic E-state index is 15.4. The highest BCUT2D eigenvalue weighted by Gasteiger charge is 2.39. The molecule has 2 heterocycles. The molecule has 14 atom stereocenters. The van der Waals surface area contributed by atoms with Gasteiger partial charge in [-0.1, -0.05) is 158 Å². The van der Waals surface area contributed by atoms with Crippen molar-refractivity contribution in [2.75, 3.05) is 32.7 Å². The first-order valence-electron chi connectivity index (χ1n) is 43.1. The van der Waals surface area contributed by atoms with E-state index < -0.39 is 155 Å². The van der Waals surface area contributed by atoms with Crippen LogP contribution < -0.4 is 104 Å². The summed E-state index contributed by atoms with van der Waals surface area (Å²) in [6.45, 7) is 11.7. The normalized spacial score (nSPS) is 14.7. The van der Waals surface area contributed by atoms with Gasteiger partial charge in [-0.2, -0.15) is 0 Å². The van der Waals surface area contributed by atoms with Gasteiger partial charge in [0.2, 0.25) is 65.0 Å². The number of aliphatic carboxylic acids is 1. The predicted molar refractivity (Wildman–Crippen MR) is 477 cm³/mol. The summed E-state index contributed by atoms with van der Waals surface area (Å²) in [7, 11) is 0. The Hall–Kier alpha value is -12.0. The van der Waals surface area contributed by atoms with Gasteiger partial charge in [0.25, 0.3) is 0 Å². The van der Waals surface area contributed by atoms with Crippen molar-refractivity contribution in [2.24, 2.45) is 52.2 Å². The second-order valence-corrected chi connectivity index (χ2v) is 32.2. The Morgan fingerprint density at radius 3 is 1.06 bits per heavy atom. The van der Waals surface area contributed by atoms with Gasteiger partial charge in [-0.3, -0.25) is 63.6 Å². The van der Waals surface area contributed by atoms with E-state index in [1.165, 1.54) is 0 Å². The SMILES string of the molecule is CC[C@H](C)[C@H](NC(=O)[C@H](Cc1c[nH]c2ccccc12)NC(=O)[C@H](CCCCN)NC(=O)[C@H](Cc1ccccc1)NC(=O)[C@H](CCCNC(=N)N)NC(=O)[C@@H](N)CCCCN)C(=O)N[C@@H](CCCNC(=N)N)C(=O)N[C@@H](CCCCN)C(=O)N[C@H](C(=O)N[C@@H](CC(C)C)C(=O)N[C@@H](Cc1ccccc1)C(=O)N[C@@H](Cc1c[nH]c2ccccc12)C(=O)O)[C@@H](C)CC. The number of carbonyl (C=O) groups excluding carboxylic acids is 11. The fourth-order valence-electron chi connectivity index (χ4n) is 14.4. The molecule has 0 bridgehead atoms. The molecule has 6 rings (SSSR count). The van der Waals surface area contributed by atoms with Crippen LogP contribution in [0, 0.1) is 28.6 Å². The lowest BCUT2D eigenvalue weighted by atomic mass is 9.95. The summed E-state index contributed by atoms with van der Waals surface area (Å²) in [5, 5.41) is 63.8. The zero-order chi connectivity index (χ0) is 90.8. The minimum Gasteiger partial charge on any atom is -0.480 e. The van der Waals surface area contributed by atoms with Crippen LogP contribution >= 0.6 is 0 Å². The average Bonchev–Trinajstić information content (AvgIpc) is 1.70. The van der Waals surface area contributed by atoms with E-state index in [1.807, 2.05) is 56.3 Å². The fraction of sp³-hybridized carbons (Fsp3) is 0.523. The molecule has 4 aromatic carbocycles. The number of rotatable bonds is 57. The molecule has 0 aliphatic heterocycles. The first kappa shape index (κ1) is 101. The second kappa shape index (κ2) is 53.1. The quantitative estimate of drug-likeness (QED) is 0.0147. The van der Waals surface area contributed by atoms with Crippen molar-refractivity contribution in [2.45, 2.75) is 242 Å². The number of carboxylic acid groups (broad SMARTS) is 1. The Labute approximate surface area is 725 Å². The van der Waals surface area contributed by atoms with E-state index in [0.29, 0.717) is 84.6 Å². The van der Waals surface area contributed by atoms with Crippen LogP contribution in [0.25, 0.3) is 21.8 Å². The molecule has 2 aromatic heterocycles. The monoisotopic (exact) mass is 1720 g/mol. The van der Waals surface area contributed by atoms with E-state index in [9.17, 15) is 33.9 Å². The van der Waals surface area contributed by atoms with Crippen LogP contribution in [-0.4, -0.2) is 203 Å². The molecule has 36 nitrogen and oxygen atoms in total. The van der Waals surface area contributed by atoms with Gasteiger partial charge in [-0.25, -0.2) is 4.79 Å². The van der Waals surface area contributed by atoms with Gasteiger partial charge >= 0.3 is 5.97 Å². The highest BCUT2D eigenvalue weighted by atomic mass is 16.4. The molecular weight excluding hydrogens is 1590 g/mol. The molecule has 0 aliphatic carbocycles. The number of aromatic nitrogens is 2. The van der Waals surface area contributed by atoms with Gasteiger partial charge in [0.05, 0.1) is 6.04 Å². The van der Waals surface area contributed by atoms with Gasteiger partial charge in [0.1, 0.15) is 66.5 Å². The smallest absolute Gasteiger partial charge is 0.326 e. The van der Waals surface area contributed by atoms with Crippen LogP contribution in [0.5, 0.6) is 0 Å². The molecule has 0 fully saturated rings. The summed E-state index contributed by atoms with van der Waals surface area (Å²) < 4.78 is 0. The van der Waals surface area contributed by atoms with Crippen LogP contribution in [0.4, 0.5) is 0 Å². The number of nitrogens with one attached hydrogen (secondary N) is 17. The van der Waals surface area contributed by atoms with Crippen molar-refractivity contribution in [1.29, 1.82) is 10.8 Å². The number of nitrogens with two attached hydrogens (primary N) is 6. The summed E-state index contributed by atoms with van der Waals surface area (Å²) in [4.78, 5) is 182. The number of para-hydroxylation sites is 2. The summed E-state index contributed by atoms with van der Waals surface area (Å²) in [5.74, 6) is -12.1. The Morgan fingerprint density at radius 2 is 0.669 bits per heavy atom. The van der Waals surface area contributed by atoms with E-state index in [0.717, 1.165) is 10.9 Å². The van der Waals surface area contributed by atoms with Crippen LogP contribution in [0.1, 0.15) is 167 Å². The lowest BCUT2D eigenvalue weighted by Gasteiger charge is -2.31. The molecule has 11 amide bonds. The number of guanidine groups is 2. The van der Waals surface area contributed by atoms with Crippen molar-refractivity contribution in [3.05, 3.63) is 144 Å². The third kappa shape index (κ3) is 33.7. The Kier molecular flexibility index (Phi) is 43.2. The first-order chi connectivity index (χ1) is 59.4. The van der Waals surface area contributed by atoms with Gasteiger partial charge in [0.15, 0.2) is 11.9 Å². The van der Waals surface area contributed by atoms with Crippen molar-refractivity contribution in [1.82, 2.24) is 79.1 Å². The summed E-state index contributed by atoms with van der Waals surface area (Å²) in [6.07, 6.45) is 6.73. The number of carboxylic acids is 1. The molecule has 6 aromatic rings. The van der Waals surface area contributed by atoms with E-state index in [-0.39, 0.29) is 127 Å². The highest BCUT2D eigenvalue weighted by molar-refractivity contribution is 6.00. The Balaban J connectivity index is 1.27. The van der Waals surface area contributed by atoms with E-state index in [1.54, 1.807) is 107 Å². The van der Waals surface area contributed by atoms with Crippen molar-refractivity contribution < 1.29 is 62.6 Å². The average molecular weight is 1720 g/mol. The van der Waals surface area contributed by atoms with Crippen LogP contribution in [0.3, 0.4) is 0 Å². The number of fused-ring (bicyclic) bond motifs is 2. The van der Waals surface area contributed by atoms with Crippen LogP contribution in [0.2, 0.25) is 0 Å². The lowest BCUT2D eigenvalue weighted by Crippen LogP contribution is -2.62. The topological polar surface area (TPSA) is 617 Å². The first-order valence-corrected chi connectivity index (χ1v) is 43.1. The van der Waals surface area contributed by atoms with Crippen molar-refractivity contribution in [3.8, 4) is 0 Å². The minimum atomic E-state index is -1.48. The molecule has 678 valence electrons. The number of aromatic amines is 2. The number of unbranched alkanes of at least 4 members (excludes halogenated alkanes) is 3. The van der Waals surface area contributed by atoms with Gasteiger partial charge in [-0.15, -0.1) is 0 Å². The third-order valence-electron chi connectivity index (χ3n) is 21.9. The van der Waals surface area contributed by atoms with Gasteiger partial charge in [-0.05, 0) is 155 Å². The third-order valence-corrected chi connectivity index (χ3v) is 21.9. The van der Waals surface area contributed by atoms with Crippen LogP contribution in [0.15, 0.2) is 122 Å². The number of hydrogen-bond acceptors (Lipinski definition) is 18. The van der Waals surface area contributed by atoms with Gasteiger partial charge in [0, 0.05) is 73.0 Å². The summed E-state index contributed by atoms with van der Waals surface area (Å²) in [5.41, 5.74) is 39.1. The molecule has 0 radical (unpaired) electrons. The minimum absolute atomic E-state index is 0.00584. The van der Waals surface area contributed by atoms with Crippen LogP contribution in [-0.2, 0) is 83.2 Å². The van der Waals surface area contributed by atoms with E-state index >= 15 is 28.8 Å². The van der Waals surface area contributed by atoms with E-state index in [2.05, 4.69) is 79.1 Å². The molecule has 124 heavy (non-hydrogen) atoms. The largest absolute Gasteiger partial charge is 0.480 e. The standard InChI is InChI=1S/C88H133N23O13/c1-7-53(5)73(111-83(120)71(48-57-50-99-62-34-17-15-31-59(57)62)107-77(114)64(36-20-23-41-90)103-81(118)69(46-55-27-11-9-12-28-55)105-78(115)66(38-25-43-97-87(93)94)101-75(112)61(92)33-19-22-40-89)84(121)104-67(39-26-44-98-88(95)96)76(113)102-65(37-21-24-42-91)79(116)110-74(54(6)8-2)85(122)108-68(45-52(3)4)80(117)106-70(47-56-29-13-10-14-30-56)82(119)109-72(86(123)124)49-58-51-100-63-35-18-16-32-60(58)63/h9-18,27-32,34-35,50-54,61,64-74,99-100H,7-8,19-26,33,36-49,89-92H2,1-6H3,(H,101,112)(H,102,113)(H,103,118)(H,104,121)(H,105,115)(H,106,117)(H,107,114)(H,108,122)(H,109,119)(H,110,116)(H,111,120)(H,123,124)(H4,93,94,97)(H4,95,96,98)/t53-,54-,61-,64-,65-,66-,67-,68-,69-,70-,71-,72-,73-,74-/m0/s1. The molecule has 30 N–H and O–H groups in total. The molecule has 0 aliphatic rings. The highest BCUT2D eigenvalue weighted by Crippen LogP contribution is 2.23. The lowest BCUT2D eigenvalue weighted by molar-refractivity contribution is -0.142. The zero-order valence-electron chi connectivity index (χ0n) is 72.2. The number of amides is 11. The second-order valence-electron chi connectivity index (χ2n) is 32.2. The number of hydrogen-bond donors (Lipinski definition) is 24. The zero-order valence-corrected chi connectivity index (χ0v) is 72.2. The maximum Gasteiger partial charge on any atom is 0.326 e. The Morgan fingerprint density at radius 1 is 0.363 bits per heavy atom. The molecule has 0 unspecified atom stereocenters. The molecule has 0 saturated heterocycles. The summed E-state index contributed by atoms with van der Waals surface area (Å²) >= 11 is 0.